The Balaban J connectivity index is 2.16. The van der Waals surface area contributed by atoms with E-state index in [0.29, 0.717) is 17.8 Å². The Kier molecular flexibility index (Phi) is 2.64. The fourth-order valence-electron chi connectivity index (χ4n) is 1.72. The third-order valence-electron chi connectivity index (χ3n) is 2.60. The topological polar surface area (TPSA) is 78.0 Å². The van der Waals surface area contributed by atoms with Crippen molar-refractivity contribution >= 4 is 5.65 Å². The summed E-state index contributed by atoms with van der Waals surface area (Å²) in [7, 11) is 0. The minimum atomic E-state index is -0.219. The molecule has 0 aliphatic carbocycles. The van der Waals surface area contributed by atoms with Crippen LogP contribution < -0.4 is 5.56 Å². The Morgan fingerprint density at radius 1 is 1.37 bits per heavy atom. The molecular formula is C12H10N6O. The molecule has 7 nitrogen and oxygen atoms in total. The highest BCUT2D eigenvalue weighted by Gasteiger charge is 2.12. The smallest absolute Gasteiger partial charge is 0.268 e. The van der Waals surface area contributed by atoms with Crippen molar-refractivity contribution in [1.82, 2.24) is 29.6 Å². The van der Waals surface area contributed by atoms with E-state index >= 15 is 0 Å². The van der Waals surface area contributed by atoms with E-state index in [2.05, 4.69) is 27.0 Å². The van der Waals surface area contributed by atoms with Crippen molar-refractivity contribution in [2.75, 3.05) is 0 Å². The van der Waals surface area contributed by atoms with Gasteiger partial charge in [0.1, 0.15) is 11.2 Å². The number of aromatic nitrogens is 6. The molecule has 19 heavy (non-hydrogen) atoms. The molecule has 3 heterocycles. The molecule has 0 saturated heterocycles. The van der Waals surface area contributed by atoms with Gasteiger partial charge >= 0.3 is 0 Å². The number of allylic oxidation sites excluding steroid dienone is 1. The van der Waals surface area contributed by atoms with Gasteiger partial charge in [0.05, 0.1) is 6.54 Å². The number of tetrazole rings is 1. The lowest BCUT2D eigenvalue weighted by Gasteiger charge is -2.00. The fraction of sp³-hybridized carbons (Fsp3) is 0.0833. The lowest BCUT2D eigenvalue weighted by atomic mass is 10.3. The van der Waals surface area contributed by atoms with Crippen LogP contribution in [0.5, 0.6) is 0 Å². The predicted molar refractivity (Wildman–Crippen MR) is 68.5 cm³/mol. The number of nitrogens with zero attached hydrogens (tertiary/aromatic N) is 6. The number of hydrogen-bond acceptors (Lipinski definition) is 5. The average molecular weight is 254 g/mol. The standard InChI is InChI=1S/C12H10N6O/c1-2-6-18-15-11(14-16-18)9-8-13-10-5-3-4-7-17(10)12(9)19/h2-5,7-8H,1,6H2. The molecule has 0 fully saturated rings. The summed E-state index contributed by atoms with van der Waals surface area (Å²) in [4.78, 5) is 17.8. The summed E-state index contributed by atoms with van der Waals surface area (Å²) >= 11 is 0. The molecule has 0 saturated carbocycles. The summed E-state index contributed by atoms with van der Waals surface area (Å²) in [6, 6.07) is 5.34. The normalized spacial score (nSPS) is 10.7. The van der Waals surface area contributed by atoms with Crippen molar-refractivity contribution in [2.24, 2.45) is 0 Å². The van der Waals surface area contributed by atoms with Crippen molar-refractivity contribution in [3.05, 3.63) is 53.6 Å². The lowest BCUT2D eigenvalue weighted by Crippen LogP contribution is -2.17. The first kappa shape index (κ1) is 11.3. The maximum atomic E-state index is 12.3. The summed E-state index contributed by atoms with van der Waals surface area (Å²) in [5.74, 6) is 0.262. The van der Waals surface area contributed by atoms with Gasteiger partial charge in [0.25, 0.3) is 5.56 Å². The third-order valence-corrected chi connectivity index (χ3v) is 2.60. The molecule has 0 spiro atoms. The highest BCUT2D eigenvalue weighted by Crippen LogP contribution is 2.07. The quantitative estimate of drug-likeness (QED) is 0.637. The molecule has 0 aliphatic rings. The Morgan fingerprint density at radius 2 is 2.26 bits per heavy atom. The highest BCUT2D eigenvalue weighted by atomic mass is 16.1. The molecule has 0 aromatic carbocycles. The van der Waals surface area contributed by atoms with Gasteiger partial charge in [0.15, 0.2) is 0 Å². The molecule has 94 valence electrons. The second kappa shape index (κ2) is 4.45. The van der Waals surface area contributed by atoms with Crippen LogP contribution in [0.4, 0.5) is 0 Å². The van der Waals surface area contributed by atoms with Gasteiger partial charge in [-0.25, -0.2) is 4.98 Å². The van der Waals surface area contributed by atoms with Gasteiger partial charge in [-0.1, -0.05) is 12.1 Å². The number of hydrogen-bond donors (Lipinski definition) is 0. The van der Waals surface area contributed by atoms with Crippen molar-refractivity contribution in [1.29, 1.82) is 0 Å². The zero-order valence-electron chi connectivity index (χ0n) is 9.97. The first-order valence-electron chi connectivity index (χ1n) is 5.65. The molecular weight excluding hydrogens is 244 g/mol. The first-order valence-corrected chi connectivity index (χ1v) is 5.65. The largest absolute Gasteiger partial charge is 0.269 e. The van der Waals surface area contributed by atoms with Crippen LogP contribution in [0.3, 0.4) is 0 Å². The van der Waals surface area contributed by atoms with Crippen molar-refractivity contribution < 1.29 is 0 Å². The molecule has 3 rings (SSSR count). The van der Waals surface area contributed by atoms with Crippen LogP contribution in [-0.4, -0.2) is 29.6 Å². The second-order valence-electron chi connectivity index (χ2n) is 3.86. The van der Waals surface area contributed by atoms with E-state index in [9.17, 15) is 4.79 Å². The minimum absolute atomic E-state index is 0.219. The fourth-order valence-corrected chi connectivity index (χ4v) is 1.72. The van der Waals surface area contributed by atoms with Crippen molar-refractivity contribution in [3.8, 4) is 11.4 Å². The predicted octanol–water partition coefficient (Wildman–Crippen LogP) is 0.534. The first-order chi connectivity index (χ1) is 9.29. The maximum absolute atomic E-state index is 12.3. The molecule has 7 heteroatoms. The van der Waals surface area contributed by atoms with E-state index in [4.69, 9.17) is 0 Å². The molecule has 3 aromatic heterocycles. The Labute approximate surface area is 107 Å². The monoisotopic (exact) mass is 254 g/mol. The Bertz CT molecular complexity index is 803. The van der Waals surface area contributed by atoms with Gasteiger partial charge in [-0.05, 0) is 17.3 Å². The van der Waals surface area contributed by atoms with Crippen LogP contribution in [0.1, 0.15) is 0 Å². The van der Waals surface area contributed by atoms with Crippen LogP contribution in [-0.2, 0) is 6.54 Å². The lowest BCUT2D eigenvalue weighted by molar-refractivity contribution is 0.583. The molecule has 0 aliphatic heterocycles. The summed E-state index contributed by atoms with van der Waals surface area (Å²) in [6.07, 6.45) is 4.77. The molecule has 3 aromatic rings. The summed E-state index contributed by atoms with van der Waals surface area (Å²) < 4.78 is 1.45. The SMILES string of the molecule is C=CCn1nnc(-c2cnc3ccccn3c2=O)n1. The Hall–Kier alpha value is -2.83. The molecule has 0 amide bonds. The van der Waals surface area contributed by atoms with E-state index in [1.165, 1.54) is 15.4 Å². The van der Waals surface area contributed by atoms with Crippen LogP contribution in [0, 0.1) is 0 Å². The number of pyridine rings is 1. The van der Waals surface area contributed by atoms with Gasteiger partial charge < -0.3 is 0 Å². The van der Waals surface area contributed by atoms with Crippen LogP contribution in [0.2, 0.25) is 0 Å². The molecule has 0 radical (unpaired) electrons. The molecule has 0 bridgehead atoms. The van der Waals surface area contributed by atoms with Crippen molar-refractivity contribution in [3.63, 3.8) is 0 Å². The van der Waals surface area contributed by atoms with Gasteiger partial charge in [0.2, 0.25) is 5.82 Å². The van der Waals surface area contributed by atoms with E-state index < -0.39 is 0 Å². The zero-order valence-corrected chi connectivity index (χ0v) is 9.97. The Morgan fingerprint density at radius 3 is 3.11 bits per heavy atom. The van der Waals surface area contributed by atoms with Crippen LogP contribution in [0.25, 0.3) is 17.0 Å². The van der Waals surface area contributed by atoms with Crippen LogP contribution >= 0.6 is 0 Å². The molecule has 0 N–H and O–H groups in total. The zero-order chi connectivity index (χ0) is 13.2. The van der Waals surface area contributed by atoms with Crippen molar-refractivity contribution in [2.45, 2.75) is 6.54 Å². The van der Waals surface area contributed by atoms with E-state index in [1.807, 2.05) is 6.07 Å². The molecule has 0 unspecified atom stereocenters. The van der Waals surface area contributed by atoms with Gasteiger partial charge in [-0.15, -0.1) is 16.8 Å². The second-order valence-corrected chi connectivity index (χ2v) is 3.86. The highest BCUT2D eigenvalue weighted by molar-refractivity contribution is 5.53. The third kappa shape index (κ3) is 1.90. The summed E-state index contributed by atoms with van der Waals surface area (Å²) in [5.41, 5.74) is 0.678. The van der Waals surface area contributed by atoms with Gasteiger partial charge in [0, 0.05) is 12.4 Å². The maximum Gasteiger partial charge on any atom is 0.269 e. The minimum Gasteiger partial charge on any atom is -0.268 e. The van der Waals surface area contributed by atoms with E-state index in [-0.39, 0.29) is 11.4 Å². The van der Waals surface area contributed by atoms with E-state index in [1.54, 1.807) is 24.4 Å². The van der Waals surface area contributed by atoms with Gasteiger partial charge in [-0.3, -0.25) is 9.20 Å². The number of fused-ring (bicyclic) bond motifs is 1. The van der Waals surface area contributed by atoms with Gasteiger partial charge in [-0.2, -0.15) is 4.80 Å². The van der Waals surface area contributed by atoms with E-state index in [0.717, 1.165) is 0 Å². The average Bonchev–Trinajstić information content (AvgIpc) is 2.88. The van der Waals surface area contributed by atoms with Crippen LogP contribution in [0.15, 0.2) is 48.0 Å². The number of rotatable bonds is 3. The summed E-state index contributed by atoms with van der Waals surface area (Å²) in [5, 5.41) is 11.8. The molecule has 0 atom stereocenters. The summed E-state index contributed by atoms with van der Waals surface area (Å²) in [6.45, 7) is 4.03.